The van der Waals surface area contributed by atoms with E-state index in [2.05, 4.69) is 5.32 Å². The first-order valence-electron chi connectivity index (χ1n) is 6.91. The Labute approximate surface area is 139 Å². The van der Waals surface area contributed by atoms with Crippen molar-refractivity contribution in [1.29, 1.82) is 0 Å². The number of sulfone groups is 1. The Bertz CT molecular complexity index is 601. The number of aryl methyl sites for hydroxylation is 1. The van der Waals surface area contributed by atoms with Gasteiger partial charge in [0.1, 0.15) is 9.84 Å². The number of nitrogens with two attached hydrogens (primary N) is 1. The summed E-state index contributed by atoms with van der Waals surface area (Å²) in [4.78, 5) is 12.0. The third-order valence-corrected chi connectivity index (χ3v) is 4.20. The van der Waals surface area contributed by atoms with Crippen LogP contribution in [0, 0.1) is 0 Å². The van der Waals surface area contributed by atoms with E-state index in [1.807, 2.05) is 38.1 Å². The molecule has 0 atom stereocenters. The van der Waals surface area contributed by atoms with E-state index in [0.717, 1.165) is 5.56 Å². The van der Waals surface area contributed by atoms with E-state index in [4.69, 9.17) is 5.73 Å². The smallest absolute Gasteiger partial charge is 0.220 e. The van der Waals surface area contributed by atoms with Gasteiger partial charge in [-0.2, -0.15) is 0 Å². The van der Waals surface area contributed by atoms with Crippen LogP contribution >= 0.6 is 12.4 Å². The number of benzene rings is 1. The number of hydrogen-bond acceptors (Lipinski definition) is 4. The van der Waals surface area contributed by atoms with Crippen molar-refractivity contribution in [3.8, 4) is 0 Å². The topological polar surface area (TPSA) is 89.3 Å². The summed E-state index contributed by atoms with van der Waals surface area (Å²) < 4.78 is 22.4. The van der Waals surface area contributed by atoms with Gasteiger partial charge in [-0.1, -0.05) is 18.2 Å². The van der Waals surface area contributed by atoms with Crippen molar-refractivity contribution in [3.05, 3.63) is 29.8 Å². The summed E-state index contributed by atoms with van der Waals surface area (Å²) in [5.74, 6) is -0.0388. The number of halogens is 1. The van der Waals surface area contributed by atoms with E-state index in [0.29, 0.717) is 24.9 Å². The molecular formula is C15H25ClN2O3S. The van der Waals surface area contributed by atoms with Gasteiger partial charge in [0.2, 0.25) is 5.91 Å². The quantitative estimate of drug-likeness (QED) is 0.737. The molecule has 1 amide bonds. The average molecular weight is 349 g/mol. The molecule has 126 valence electrons. The lowest BCUT2D eigenvalue weighted by molar-refractivity contribution is -0.122. The van der Waals surface area contributed by atoms with Crippen molar-refractivity contribution >= 4 is 33.8 Å². The van der Waals surface area contributed by atoms with E-state index < -0.39 is 15.4 Å². The third kappa shape index (κ3) is 8.24. The zero-order valence-corrected chi connectivity index (χ0v) is 14.9. The number of hydrogen-bond donors (Lipinski definition) is 2. The molecule has 0 radical (unpaired) electrons. The van der Waals surface area contributed by atoms with Gasteiger partial charge in [-0.3, -0.25) is 4.79 Å². The summed E-state index contributed by atoms with van der Waals surface area (Å²) in [6.45, 7) is 3.65. The largest absolute Gasteiger partial charge is 0.399 e. The summed E-state index contributed by atoms with van der Waals surface area (Å²) in [6.07, 6.45) is 2.49. The Morgan fingerprint density at radius 2 is 1.86 bits per heavy atom. The lowest BCUT2D eigenvalue weighted by Gasteiger charge is -2.26. The summed E-state index contributed by atoms with van der Waals surface area (Å²) in [5, 5.41) is 2.87. The zero-order chi connectivity index (χ0) is 16.1. The monoisotopic (exact) mass is 348 g/mol. The minimum absolute atomic E-state index is 0. The standard InChI is InChI=1S/C15H24N2O3S.ClH/c1-15(2,10-11-21(3,19)20)17-14(18)9-8-12-6-4-5-7-13(12)16;/h4-7H,8-11,16H2,1-3H3,(H,17,18);1H. The maximum Gasteiger partial charge on any atom is 0.220 e. The van der Waals surface area contributed by atoms with Crippen molar-refractivity contribution in [2.75, 3.05) is 17.7 Å². The predicted molar refractivity (Wildman–Crippen MR) is 93.0 cm³/mol. The highest BCUT2D eigenvalue weighted by molar-refractivity contribution is 7.90. The molecule has 0 spiro atoms. The van der Waals surface area contributed by atoms with Crippen molar-refractivity contribution in [2.45, 2.75) is 38.6 Å². The van der Waals surface area contributed by atoms with E-state index in [1.54, 1.807) is 0 Å². The lowest BCUT2D eigenvalue weighted by Crippen LogP contribution is -2.44. The van der Waals surface area contributed by atoms with E-state index in [9.17, 15) is 13.2 Å². The fourth-order valence-corrected chi connectivity index (χ4v) is 2.83. The molecule has 1 aromatic rings. The molecule has 0 aliphatic rings. The molecular weight excluding hydrogens is 324 g/mol. The summed E-state index contributed by atoms with van der Waals surface area (Å²) in [6, 6.07) is 7.45. The molecule has 1 rings (SSSR count). The summed E-state index contributed by atoms with van der Waals surface area (Å²) >= 11 is 0. The van der Waals surface area contributed by atoms with Gasteiger partial charge in [0.15, 0.2) is 0 Å². The summed E-state index contributed by atoms with van der Waals surface area (Å²) in [5.41, 5.74) is 6.92. The Balaban J connectivity index is 0.00000441. The van der Waals surface area contributed by atoms with Gasteiger partial charge >= 0.3 is 0 Å². The number of rotatable bonds is 7. The number of para-hydroxylation sites is 1. The molecule has 3 N–H and O–H groups in total. The molecule has 0 heterocycles. The minimum atomic E-state index is -3.02. The summed E-state index contributed by atoms with van der Waals surface area (Å²) in [7, 11) is -3.02. The Hall–Kier alpha value is -1.27. The normalized spacial score (nSPS) is 11.6. The number of carbonyl (C=O) groups excluding carboxylic acids is 1. The number of anilines is 1. The fraction of sp³-hybridized carbons (Fsp3) is 0.533. The second kappa shape index (κ2) is 8.39. The Kier molecular flexibility index (Phi) is 7.90. The SMILES string of the molecule is CC(C)(CCS(C)(=O)=O)NC(=O)CCc1ccccc1N.Cl. The van der Waals surface area contributed by atoms with Gasteiger partial charge in [0.25, 0.3) is 0 Å². The first-order valence-corrected chi connectivity index (χ1v) is 8.97. The van der Waals surface area contributed by atoms with Crippen molar-refractivity contribution < 1.29 is 13.2 Å². The van der Waals surface area contributed by atoms with Crippen LogP contribution < -0.4 is 11.1 Å². The van der Waals surface area contributed by atoms with Crippen LogP contribution in [0.5, 0.6) is 0 Å². The highest BCUT2D eigenvalue weighted by atomic mass is 35.5. The van der Waals surface area contributed by atoms with Gasteiger partial charge in [-0.25, -0.2) is 8.42 Å². The second-order valence-electron chi connectivity index (χ2n) is 6.01. The molecule has 0 unspecified atom stereocenters. The third-order valence-electron chi connectivity index (χ3n) is 3.25. The lowest BCUT2D eigenvalue weighted by atomic mass is 10.0. The number of nitrogens with one attached hydrogen (secondary N) is 1. The van der Waals surface area contributed by atoms with Crippen LogP contribution in [0.15, 0.2) is 24.3 Å². The number of carbonyl (C=O) groups is 1. The molecule has 0 aliphatic heterocycles. The average Bonchev–Trinajstić information content (AvgIpc) is 2.34. The van der Waals surface area contributed by atoms with Gasteiger partial charge in [-0.05, 0) is 38.3 Å². The zero-order valence-electron chi connectivity index (χ0n) is 13.3. The van der Waals surface area contributed by atoms with Crippen LogP contribution in [-0.4, -0.2) is 31.9 Å². The molecule has 0 saturated heterocycles. The van der Waals surface area contributed by atoms with E-state index in [-0.39, 0.29) is 24.1 Å². The maximum atomic E-state index is 12.0. The number of amides is 1. The molecule has 0 fully saturated rings. The number of nitrogen functional groups attached to an aromatic ring is 1. The van der Waals surface area contributed by atoms with Gasteiger partial charge < -0.3 is 11.1 Å². The highest BCUT2D eigenvalue weighted by Gasteiger charge is 2.22. The first-order chi connectivity index (χ1) is 9.59. The fourth-order valence-electron chi connectivity index (χ4n) is 1.95. The van der Waals surface area contributed by atoms with Crippen molar-refractivity contribution in [1.82, 2.24) is 5.32 Å². The molecule has 7 heteroatoms. The van der Waals surface area contributed by atoms with Crippen molar-refractivity contribution in [3.63, 3.8) is 0 Å². The minimum Gasteiger partial charge on any atom is -0.399 e. The highest BCUT2D eigenvalue weighted by Crippen LogP contribution is 2.14. The molecule has 0 bridgehead atoms. The molecule has 5 nitrogen and oxygen atoms in total. The molecule has 1 aromatic carbocycles. The van der Waals surface area contributed by atoms with Gasteiger partial charge in [0, 0.05) is 23.9 Å². The van der Waals surface area contributed by atoms with Gasteiger partial charge in [0.05, 0.1) is 5.75 Å². The van der Waals surface area contributed by atoms with E-state index in [1.165, 1.54) is 6.26 Å². The Morgan fingerprint density at radius 1 is 1.27 bits per heavy atom. The van der Waals surface area contributed by atoms with Crippen LogP contribution in [0.2, 0.25) is 0 Å². The van der Waals surface area contributed by atoms with Crippen LogP contribution in [0.4, 0.5) is 5.69 Å². The van der Waals surface area contributed by atoms with Crippen LogP contribution in [-0.2, 0) is 21.1 Å². The second-order valence-corrected chi connectivity index (χ2v) is 8.27. The predicted octanol–water partition coefficient (Wildman–Crippen LogP) is 1.95. The maximum absolute atomic E-state index is 12.0. The van der Waals surface area contributed by atoms with Crippen LogP contribution in [0.25, 0.3) is 0 Å². The van der Waals surface area contributed by atoms with Crippen molar-refractivity contribution in [2.24, 2.45) is 0 Å². The van der Waals surface area contributed by atoms with Gasteiger partial charge in [-0.15, -0.1) is 12.4 Å². The first kappa shape index (κ1) is 20.7. The van der Waals surface area contributed by atoms with E-state index >= 15 is 0 Å². The molecule has 0 aliphatic carbocycles. The molecule has 22 heavy (non-hydrogen) atoms. The van der Waals surface area contributed by atoms with Crippen LogP contribution in [0.1, 0.15) is 32.3 Å². The molecule has 0 aromatic heterocycles. The molecule has 0 saturated carbocycles. The van der Waals surface area contributed by atoms with Crippen LogP contribution in [0.3, 0.4) is 0 Å². The Morgan fingerprint density at radius 3 is 2.41 bits per heavy atom.